The van der Waals surface area contributed by atoms with Gasteiger partial charge in [-0.3, -0.25) is 0 Å². The standard InChI is InChI=1S/C15H17Br2ClO3/c1-7(19)13(18)9-6-10(9)14-12(17)15-11(21-14)5-8(20-15)3-2-4-16/h3-4,7-11,13,15,19H,5-6H2,1H3/t2?,7-,8+,9+,10-,11+,13-,15-/m0/s1. The molecule has 2 aliphatic heterocycles. The van der Waals surface area contributed by atoms with E-state index in [-0.39, 0.29) is 23.7 Å². The van der Waals surface area contributed by atoms with E-state index in [2.05, 4.69) is 37.6 Å². The molecule has 1 saturated heterocycles. The SMILES string of the molecule is C[C@H](O)[C@H](Cl)[C@@H]1C[C@@H]1C1=C(Br)[C@H]2O[C@H](C=C=CBr)C[C@H]2O1. The number of hydrogen-bond acceptors (Lipinski definition) is 3. The summed E-state index contributed by atoms with van der Waals surface area (Å²) < 4.78 is 13.1. The fraction of sp³-hybridized carbons (Fsp3) is 0.667. The third-order valence-corrected chi connectivity index (χ3v) is 6.07. The van der Waals surface area contributed by atoms with E-state index in [0.29, 0.717) is 11.8 Å². The summed E-state index contributed by atoms with van der Waals surface area (Å²) in [6.45, 7) is 1.73. The lowest BCUT2D eigenvalue weighted by atomic mass is 10.1. The fourth-order valence-electron chi connectivity index (χ4n) is 3.12. The minimum atomic E-state index is -0.497. The molecule has 1 saturated carbocycles. The maximum atomic E-state index is 9.59. The lowest BCUT2D eigenvalue weighted by Gasteiger charge is -2.14. The second-order valence-corrected chi connectivity index (χ2v) is 7.65. The van der Waals surface area contributed by atoms with Crippen LogP contribution in [0.1, 0.15) is 19.8 Å². The lowest BCUT2D eigenvalue weighted by Crippen LogP contribution is -2.20. The smallest absolute Gasteiger partial charge is 0.132 e. The van der Waals surface area contributed by atoms with E-state index in [9.17, 15) is 5.11 Å². The van der Waals surface area contributed by atoms with E-state index in [1.807, 2.05) is 6.08 Å². The van der Waals surface area contributed by atoms with Crippen LogP contribution < -0.4 is 0 Å². The summed E-state index contributed by atoms with van der Waals surface area (Å²) in [4.78, 5) is 1.69. The van der Waals surface area contributed by atoms with Crippen LogP contribution in [-0.4, -0.2) is 34.9 Å². The van der Waals surface area contributed by atoms with E-state index in [1.54, 1.807) is 11.9 Å². The zero-order valence-electron chi connectivity index (χ0n) is 11.5. The average molecular weight is 441 g/mol. The van der Waals surface area contributed by atoms with Crippen LogP contribution in [0.2, 0.25) is 0 Å². The number of alkyl halides is 1. The first kappa shape index (κ1) is 16.1. The van der Waals surface area contributed by atoms with E-state index >= 15 is 0 Å². The minimum Gasteiger partial charge on any atom is -0.490 e. The molecule has 0 radical (unpaired) electrons. The largest absolute Gasteiger partial charge is 0.490 e. The Morgan fingerprint density at radius 2 is 2.24 bits per heavy atom. The Labute approximate surface area is 146 Å². The van der Waals surface area contributed by atoms with Gasteiger partial charge in [-0.15, -0.1) is 17.3 Å². The molecule has 0 aromatic carbocycles. The van der Waals surface area contributed by atoms with Crippen LogP contribution >= 0.6 is 43.5 Å². The van der Waals surface area contributed by atoms with Crippen LogP contribution in [0.25, 0.3) is 0 Å². The molecular formula is C15H17Br2ClO3. The van der Waals surface area contributed by atoms with Gasteiger partial charge in [0, 0.05) is 17.3 Å². The predicted octanol–water partition coefficient (Wildman–Crippen LogP) is 3.84. The molecule has 1 N–H and O–H groups in total. The third kappa shape index (κ3) is 3.15. The highest BCUT2D eigenvalue weighted by molar-refractivity contribution is 9.11. The van der Waals surface area contributed by atoms with E-state index in [1.165, 1.54) is 0 Å². The molecule has 0 spiro atoms. The highest BCUT2D eigenvalue weighted by atomic mass is 79.9. The fourth-order valence-corrected chi connectivity index (χ4v) is 4.34. The second kappa shape index (κ2) is 6.38. The maximum absolute atomic E-state index is 9.59. The summed E-state index contributed by atoms with van der Waals surface area (Å²) in [6.07, 6.45) is 3.28. The Morgan fingerprint density at radius 3 is 2.86 bits per heavy atom. The summed E-state index contributed by atoms with van der Waals surface area (Å²) in [5.74, 6) is 1.57. The van der Waals surface area contributed by atoms with Crippen LogP contribution in [-0.2, 0) is 9.47 Å². The Hall–Kier alpha value is 0.230. The first-order valence-electron chi connectivity index (χ1n) is 7.08. The molecule has 7 atom stereocenters. The van der Waals surface area contributed by atoms with Gasteiger partial charge in [-0.25, -0.2) is 0 Å². The van der Waals surface area contributed by atoms with Crippen molar-refractivity contribution >= 4 is 43.5 Å². The van der Waals surface area contributed by atoms with Crippen molar-refractivity contribution in [3.05, 3.63) is 27.0 Å². The molecule has 0 aromatic rings. The summed E-state index contributed by atoms with van der Waals surface area (Å²) in [5.41, 5.74) is 2.98. The van der Waals surface area contributed by atoms with Gasteiger partial charge in [0.1, 0.15) is 18.0 Å². The van der Waals surface area contributed by atoms with E-state index in [4.69, 9.17) is 21.1 Å². The van der Waals surface area contributed by atoms with Crippen LogP contribution in [0, 0.1) is 11.8 Å². The summed E-state index contributed by atoms with van der Waals surface area (Å²) >= 11 is 13.1. The number of rotatable bonds is 4. The predicted molar refractivity (Wildman–Crippen MR) is 88.6 cm³/mol. The monoisotopic (exact) mass is 438 g/mol. The number of allylic oxidation sites excluding steroid dienone is 1. The van der Waals surface area contributed by atoms with Crippen LogP contribution in [0.4, 0.5) is 0 Å². The first-order valence-corrected chi connectivity index (χ1v) is 9.22. The van der Waals surface area contributed by atoms with E-state index < -0.39 is 6.10 Å². The van der Waals surface area contributed by atoms with Gasteiger partial charge in [0.25, 0.3) is 0 Å². The van der Waals surface area contributed by atoms with Crippen molar-refractivity contribution in [2.45, 2.75) is 49.6 Å². The van der Waals surface area contributed by atoms with Gasteiger partial charge in [-0.2, -0.15) is 0 Å². The van der Waals surface area contributed by atoms with Crippen molar-refractivity contribution in [1.82, 2.24) is 0 Å². The molecule has 0 aromatic heterocycles. The van der Waals surface area contributed by atoms with Crippen molar-refractivity contribution in [3.8, 4) is 0 Å². The van der Waals surface area contributed by atoms with E-state index in [0.717, 1.165) is 23.1 Å². The topological polar surface area (TPSA) is 38.7 Å². The molecule has 2 fully saturated rings. The Balaban J connectivity index is 1.66. The number of ether oxygens (including phenoxy) is 2. The van der Waals surface area contributed by atoms with Crippen molar-refractivity contribution in [1.29, 1.82) is 0 Å². The van der Waals surface area contributed by atoms with Gasteiger partial charge in [-0.05, 0) is 41.3 Å². The zero-order valence-corrected chi connectivity index (χ0v) is 15.4. The van der Waals surface area contributed by atoms with Crippen molar-refractivity contribution in [2.24, 2.45) is 11.8 Å². The summed E-state index contributed by atoms with van der Waals surface area (Å²) in [5, 5.41) is 9.38. The molecule has 1 aliphatic carbocycles. The van der Waals surface area contributed by atoms with Gasteiger partial charge in [0.2, 0.25) is 0 Å². The molecule has 0 bridgehead atoms. The second-order valence-electron chi connectivity index (χ2n) is 5.83. The molecule has 3 aliphatic rings. The molecular weight excluding hydrogens is 423 g/mol. The van der Waals surface area contributed by atoms with Crippen molar-refractivity contribution in [2.75, 3.05) is 0 Å². The maximum Gasteiger partial charge on any atom is 0.132 e. The number of hydrogen-bond donors (Lipinski definition) is 1. The average Bonchev–Trinajstić information content (AvgIpc) is 3.04. The number of fused-ring (bicyclic) bond motifs is 1. The molecule has 0 unspecified atom stereocenters. The van der Waals surface area contributed by atoms with Crippen LogP contribution in [0.15, 0.2) is 27.0 Å². The van der Waals surface area contributed by atoms with Gasteiger partial charge in [0.05, 0.1) is 22.1 Å². The zero-order chi connectivity index (χ0) is 15.1. The number of aliphatic hydroxyl groups is 1. The Kier molecular flexibility index (Phi) is 4.90. The van der Waals surface area contributed by atoms with Crippen molar-refractivity contribution < 1.29 is 14.6 Å². The van der Waals surface area contributed by atoms with Gasteiger partial charge >= 0.3 is 0 Å². The quantitative estimate of drug-likeness (QED) is 0.533. The Morgan fingerprint density at radius 1 is 1.48 bits per heavy atom. The van der Waals surface area contributed by atoms with Gasteiger partial charge in [0.15, 0.2) is 0 Å². The van der Waals surface area contributed by atoms with Crippen molar-refractivity contribution in [3.63, 3.8) is 0 Å². The lowest BCUT2D eigenvalue weighted by molar-refractivity contribution is 0.0614. The first-order chi connectivity index (χ1) is 10.0. The number of aliphatic hydroxyl groups excluding tert-OH is 1. The minimum absolute atomic E-state index is 0.0278. The highest BCUT2D eigenvalue weighted by Crippen LogP contribution is 2.55. The molecule has 116 valence electrons. The molecule has 3 nitrogen and oxygen atoms in total. The normalized spacial score (nSPS) is 40.1. The molecule has 6 heteroatoms. The molecule has 3 rings (SSSR count). The van der Waals surface area contributed by atoms with Gasteiger partial charge < -0.3 is 14.6 Å². The molecule has 2 heterocycles. The molecule has 0 amide bonds. The number of halogens is 3. The van der Waals surface area contributed by atoms with Crippen LogP contribution in [0.3, 0.4) is 0 Å². The third-order valence-electron chi connectivity index (χ3n) is 4.28. The summed E-state index contributed by atoms with van der Waals surface area (Å²) in [7, 11) is 0. The molecule has 21 heavy (non-hydrogen) atoms. The van der Waals surface area contributed by atoms with Crippen LogP contribution in [0.5, 0.6) is 0 Å². The summed E-state index contributed by atoms with van der Waals surface area (Å²) in [6, 6.07) is 0. The highest BCUT2D eigenvalue weighted by Gasteiger charge is 2.53. The Bertz CT molecular complexity index is 513. The van der Waals surface area contributed by atoms with Gasteiger partial charge in [-0.1, -0.05) is 15.9 Å².